The van der Waals surface area contributed by atoms with Crippen molar-refractivity contribution < 1.29 is 4.74 Å². The second kappa shape index (κ2) is 5.27. The van der Waals surface area contributed by atoms with Crippen molar-refractivity contribution in [2.24, 2.45) is 23.7 Å². The van der Waals surface area contributed by atoms with Gasteiger partial charge in [-0.2, -0.15) is 0 Å². The number of nitrogens with one attached hydrogen (secondary N) is 1. The van der Waals surface area contributed by atoms with Gasteiger partial charge in [0.05, 0.1) is 6.61 Å². The van der Waals surface area contributed by atoms with Crippen LogP contribution in [-0.2, 0) is 4.74 Å². The van der Waals surface area contributed by atoms with Crippen molar-refractivity contribution in [1.29, 1.82) is 0 Å². The first-order valence-electron chi connectivity index (χ1n) is 7.62. The summed E-state index contributed by atoms with van der Waals surface area (Å²) in [6, 6.07) is 0.708. The van der Waals surface area contributed by atoms with Crippen LogP contribution in [0.15, 0.2) is 0 Å². The smallest absolute Gasteiger partial charge is 0.0509 e. The molecule has 98 valence electrons. The Morgan fingerprint density at radius 2 is 2.18 bits per heavy atom. The van der Waals surface area contributed by atoms with Gasteiger partial charge in [0.25, 0.3) is 0 Å². The van der Waals surface area contributed by atoms with E-state index in [2.05, 4.69) is 12.4 Å². The summed E-state index contributed by atoms with van der Waals surface area (Å²) < 4.78 is 5.65. The average molecular weight is 237 g/mol. The van der Waals surface area contributed by atoms with Crippen molar-refractivity contribution in [1.82, 2.24) is 5.32 Å². The number of fused-ring (bicyclic) bond motifs is 2. The van der Waals surface area contributed by atoms with E-state index in [1.165, 1.54) is 38.5 Å². The van der Waals surface area contributed by atoms with Gasteiger partial charge in [0, 0.05) is 12.6 Å². The molecule has 0 aromatic heterocycles. The maximum Gasteiger partial charge on any atom is 0.0509 e. The molecule has 0 spiro atoms. The maximum absolute atomic E-state index is 5.65. The fourth-order valence-corrected chi connectivity index (χ4v) is 4.62. The minimum absolute atomic E-state index is 0.708. The van der Waals surface area contributed by atoms with Crippen LogP contribution in [0.5, 0.6) is 0 Å². The lowest BCUT2D eigenvalue weighted by atomic mass is 9.80. The van der Waals surface area contributed by atoms with Gasteiger partial charge in [-0.15, -0.1) is 0 Å². The molecule has 0 amide bonds. The van der Waals surface area contributed by atoms with Crippen molar-refractivity contribution in [3.8, 4) is 0 Å². The molecule has 1 aliphatic heterocycles. The summed E-state index contributed by atoms with van der Waals surface area (Å²) in [7, 11) is 2.15. The Labute approximate surface area is 105 Å². The van der Waals surface area contributed by atoms with E-state index in [0.29, 0.717) is 6.04 Å². The number of hydrogen-bond donors (Lipinski definition) is 1. The van der Waals surface area contributed by atoms with Crippen LogP contribution in [0.4, 0.5) is 0 Å². The van der Waals surface area contributed by atoms with E-state index in [0.717, 1.165) is 36.9 Å². The standard InChI is InChI=1S/C15H27NO/c1-16-15(13-3-2-6-17-10-13)9-14-8-11-4-5-12(14)7-11/h11-16H,2-10H2,1H3. The van der Waals surface area contributed by atoms with E-state index < -0.39 is 0 Å². The molecule has 3 fully saturated rings. The normalized spacial score (nSPS) is 42.9. The van der Waals surface area contributed by atoms with E-state index >= 15 is 0 Å². The lowest BCUT2D eigenvalue weighted by Crippen LogP contribution is -2.40. The van der Waals surface area contributed by atoms with Crippen LogP contribution in [0.1, 0.15) is 44.9 Å². The number of ether oxygens (including phenoxy) is 1. The SMILES string of the molecule is CNC(CC1CC2CCC1C2)C1CCCOC1. The molecule has 3 aliphatic rings. The Morgan fingerprint density at radius 1 is 1.24 bits per heavy atom. The van der Waals surface area contributed by atoms with Crippen LogP contribution in [0.25, 0.3) is 0 Å². The monoisotopic (exact) mass is 237 g/mol. The molecule has 2 heteroatoms. The zero-order valence-corrected chi connectivity index (χ0v) is 11.2. The van der Waals surface area contributed by atoms with Gasteiger partial charge >= 0.3 is 0 Å². The molecule has 1 N–H and O–H groups in total. The molecule has 0 aromatic rings. The van der Waals surface area contributed by atoms with E-state index in [-0.39, 0.29) is 0 Å². The topological polar surface area (TPSA) is 21.3 Å². The largest absolute Gasteiger partial charge is 0.381 e. The van der Waals surface area contributed by atoms with Crippen LogP contribution in [-0.4, -0.2) is 26.3 Å². The highest BCUT2D eigenvalue weighted by Gasteiger charge is 2.40. The molecule has 3 rings (SSSR count). The first-order chi connectivity index (χ1) is 8.36. The average Bonchev–Trinajstić information content (AvgIpc) is 2.99. The zero-order chi connectivity index (χ0) is 11.7. The molecule has 2 bridgehead atoms. The fourth-order valence-electron chi connectivity index (χ4n) is 4.62. The lowest BCUT2D eigenvalue weighted by Gasteiger charge is -2.33. The van der Waals surface area contributed by atoms with Crippen LogP contribution in [0.3, 0.4) is 0 Å². The molecule has 1 heterocycles. The molecular formula is C15H27NO. The summed E-state index contributed by atoms with van der Waals surface area (Å²) in [6.07, 6.45) is 10.2. The maximum atomic E-state index is 5.65. The predicted molar refractivity (Wildman–Crippen MR) is 69.9 cm³/mol. The van der Waals surface area contributed by atoms with Gasteiger partial charge in [0.1, 0.15) is 0 Å². The Morgan fingerprint density at radius 3 is 2.76 bits per heavy atom. The van der Waals surface area contributed by atoms with Crippen LogP contribution in [0.2, 0.25) is 0 Å². The number of rotatable bonds is 4. The summed E-state index contributed by atoms with van der Waals surface area (Å²) in [6.45, 7) is 1.98. The van der Waals surface area contributed by atoms with Gasteiger partial charge in [-0.1, -0.05) is 6.42 Å². The highest BCUT2D eigenvalue weighted by atomic mass is 16.5. The highest BCUT2D eigenvalue weighted by Crippen LogP contribution is 2.50. The third-order valence-corrected chi connectivity index (χ3v) is 5.58. The van der Waals surface area contributed by atoms with Crippen LogP contribution < -0.4 is 5.32 Å². The van der Waals surface area contributed by atoms with E-state index in [4.69, 9.17) is 4.74 Å². The zero-order valence-electron chi connectivity index (χ0n) is 11.2. The molecule has 2 nitrogen and oxygen atoms in total. The summed E-state index contributed by atoms with van der Waals surface area (Å²) in [5.74, 6) is 3.95. The molecule has 2 saturated carbocycles. The Balaban J connectivity index is 1.54. The van der Waals surface area contributed by atoms with Gasteiger partial charge in [-0.3, -0.25) is 0 Å². The summed E-state index contributed by atoms with van der Waals surface area (Å²) in [5, 5.41) is 3.58. The Kier molecular flexibility index (Phi) is 3.72. The van der Waals surface area contributed by atoms with Crippen molar-refractivity contribution >= 4 is 0 Å². The van der Waals surface area contributed by atoms with Crippen molar-refractivity contribution in [3.63, 3.8) is 0 Å². The number of hydrogen-bond acceptors (Lipinski definition) is 2. The minimum Gasteiger partial charge on any atom is -0.381 e. The molecular weight excluding hydrogens is 210 g/mol. The van der Waals surface area contributed by atoms with Crippen LogP contribution >= 0.6 is 0 Å². The minimum atomic E-state index is 0.708. The van der Waals surface area contributed by atoms with Crippen molar-refractivity contribution in [2.75, 3.05) is 20.3 Å². The van der Waals surface area contributed by atoms with E-state index in [1.54, 1.807) is 6.42 Å². The fraction of sp³-hybridized carbons (Fsp3) is 1.00. The van der Waals surface area contributed by atoms with Gasteiger partial charge < -0.3 is 10.1 Å². The molecule has 1 saturated heterocycles. The van der Waals surface area contributed by atoms with Gasteiger partial charge in [-0.25, -0.2) is 0 Å². The second-order valence-corrected chi connectivity index (χ2v) is 6.54. The van der Waals surface area contributed by atoms with Crippen LogP contribution in [0, 0.1) is 23.7 Å². The highest BCUT2D eigenvalue weighted by molar-refractivity contribution is 4.92. The van der Waals surface area contributed by atoms with Crippen molar-refractivity contribution in [3.05, 3.63) is 0 Å². The first-order valence-corrected chi connectivity index (χ1v) is 7.62. The van der Waals surface area contributed by atoms with Gasteiger partial charge in [-0.05, 0) is 69.2 Å². The third kappa shape index (κ3) is 2.53. The lowest BCUT2D eigenvalue weighted by molar-refractivity contribution is 0.0347. The molecule has 0 aromatic carbocycles. The molecule has 17 heavy (non-hydrogen) atoms. The molecule has 2 aliphatic carbocycles. The van der Waals surface area contributed by atoms with Gasteiger partial charge in [0.2, 0.25) is 0 Å². The summed E-state index contributed by atoms with van der Waals surface area (Å²) in [5.41, 5.74) is 0. The van der Waals surface area contributed by atoms with E-state index in [1.807, 2.05) is 0 Å². The summed E-state index contributed by atoms with van der Waals surface area (Å²) >= 11 is 0. The molecule has 5 unspecified atom stereocenters. The van der Waals surface area contributed by atoms with E-state index in [9.17, 15) is 0 Å². The Hall–Kier alpha value is -0.0800. The van der Waals surface area contributed by atoms with Crippen molar-refractivity contribution in [2.45, 2.75) is 51.0 Å². The second-order valence-electron chi connectivity index (χ2n) is 6.54. The Bertz CT molecular complexity index is 249. The summed E-state index contributed by atoms with van der Waals surface area (Å²) in [4.78, 5) is 0. The molecule has 5 atom stereocenters. The quantitative estimate of drug-likeness (QED) is 0.812. The third-order valence-electron chi connectivity index (χ3n) is 5.58. The van der Waals surface area contributed by atoms with Gasteiger partial charge in [0.15, 0.2) is 0 Å². The molecule has 0 radical (unpaired) electrons. The predicted octanol–water partition coefficient (Wildman–Crippen LogP) is 2.83. The first kappa shape index (κ1) is 12.0.